The van der Waals surface area contributed by atoms with Gasteiger partial charge in [0.25, 0.3) is 0 Å². The fourth-order valence-electron chi connectivity index (χ4n) is 3.89. The summed E-state index contributed by atoms with van der Waals surface area (Å²) in [7, 11) is 1.87. The molecule has 3 aromatic rings. The third-order valence-electron chi connectivity index (χ3n) is 5.25. The van der Waals surface area contributed by atoms with Gasteiger partial charge in [0, 0.05) is 33.1 Å². The van der Waals surface area contributed by atoms with Gasteiger partial charge < -0.3 is 15.2 Å². The lowest BCUT2D eigenvalue weighted by Gasteiger charge is -2.21. The summed E-state index contributed by atoms with van der Waals surface area (Å²) < 4.78 is 0. The van der Waals surface area contributed by atoms with Gasteiger partial charge in [0.1, 0.15) is 5.82 Å². The molecule has 2 aromatic carbocycles. The predicted octanol–water partition coefficient (Wildman–Crippen LogP) is 3.25. The minimum atomic E-state index is 0.696. The normalized spacial score (nSPS) is 17.6. The number of benzene rings is 2. The van der Waals surface area contributed by atoms with Gasteiger partial charge in [-0.2, -0.15) is 0 Å². The average molecular weight is 361 g/mol. The van der Waals surface area contributed by atoms with Crippen LogP contribution in [0.25, 0.3) is 11.0 Å². The fraction of sp³-hybridized carbons (Fsp3) is 0.364. The zero-order valence-corrected chi connectivity index (χ0v) is 15.9. The first kappa shape index (κ1) is 17.6. The van der Waals surface area contributed by atoms with Gasteiger partial charge in [0.2, 0.25) is 0 Å². The second-order valence-electron chi connectivity index (χ2n) is 7.22. The number of likely N-dealkylation sites (tertiary alicyclic amines) is 1. The number of nitrogens with zero attached hydrogens (tertiary/aromatic N) is 3. The topological polar surface area (TPSA) is 56.3 Å². The molecule has 5 heteroatoms. The number of rotatable bonds is 5. The van der Waals surface area contributed by atoms with E-state index in [1.165, 1.54) is 12.0 Å². The third-order valence-corrected chi connectivity index (χ3v) is 5.25. The minimum Gasteiger partial charge on any atom is -0.356 e. The molecule has 0 aliphatic carbocycles. The number of aromatic amines is 1. The zero-order valence-electron chi connectivity index (χ0n) is 15.9. The van der Waals surface area contributed by atoms with E-state index in [9.17, 15) is 0 Å². The van der Waals surface area contributed by atoms with E-state index in [0.717, 1.165) is 55.3 Å². The molecule has 2 N–H and O–H groups in total. The molecule has 1 fully saturated rings. The van der Waals surface area contributed by atoms with Crippen LogP contribution in [0, 0.1) is 5.92 Å². The second-order valence-corrected chi connectivity index (χ2v) is 7.22. The van der Waals surface area contributed by atoms with Crippen LogP contribution >= 0.6 is 0 Å². The van der Waals surface area contributed by atoms with Gasteiger partial charge in [0.05, 0.1) is 11.0 Å². The molecule has 1 aliphatic rings. The number of aliphatic imine (C=N–C) groups is 1. The van der Waals surface area contributed by atoms with Gasteiger partial charge in [-0.1, -0.05) is 42.5 Å². The van der Waals surface area contributed by atoms with Crippen LogP contribution in [-0.4, -0.2) is 47.5 Å². The van der Waals surface area contributed by atoms with Gasteiger partial charge in [-0.3, -0.25) is 4.99 Å². The summed E-state index contributed by atoms with van der Waals surface area (Å²) >= 11 is 0. The van der Waals surface area contributed by atoms with E-state index >= 15 is 0 Å². The standard InChI is InChI=1S/C22H27N5/c1-23-22(24-13-11-21-25-19-9-5-6-10-20(19)26-21)27-14-12-18(16-27)15-17-7-3-2-4-8-17/h2-10,18H,11-16H2,1H3,(H,23,24)(H,25,26). The number of aromatic nitrogens is 2. The number of imidazole rings is 1. The van der Waals surface area contributed by atoms with Crippen molar-refractivity contribution in [3.63, 3.8) is 0 Å². The largest absolute Gasteiger partial charge is 0.356 e. The van der Waals surface area contributed by atoms with Gasteiger partial charge in [0.15, 0.2) is 5.96 Å². The second kappa shape index (κ2) is 8.25. The Hall–Kier alpha value is -2.82. The highest BCUT2D eigenvalue weighted by Crippen LogP contribution is 2.20. The van der Waals surface area contributed by atoms with Crippen LogP contribution in [0.4, 0.5) is 0 Å². The summed E-state index contributed by atoms with van der Waals surface area (Å²) in [6.45, 7) is 2.97. The Morgan fingerprint density at radius 1 is 1.19 bits per heavy atom. The molecule has 4 rings (SSSR count). The summed E-state index contributed by atoms with van der Waals surface area (Å²) in [5, 5.41) is 3.50. The van der Waals surface area contributed by atoms with Gasteiger partial charge >= 0.3 is 0 Å². The molecule has 2 heterocycles. The molecule has 0 spiro atoms. The molecule has 27 heavy (non-hydrogen) atoms. The van der Waals surface area contributed by atoms with E-state index in [1.807, 2.05) is 25.2 Å². The van der Waals surface area contributed by atoms with Crippen LogP contribution in [0.3, 0.4) is 0 Å². The molecule has 1 atom stereocenters. The number of guanidine groups is 1. The van der Waals surface area contributed by atoms with Crippen LogP contribution in [0.5, 0.6) is 0 Å². The number of fused-ring (bicyclic) bond motifs is 1. The number of para-hydroxylation sites is 2. The van der Waals surface area contributed by atoms with E-state index in [4.69, 9.17) is 0 Å². The lowest BCUT2D eigenvalue weighted by atomic mass is 9.99. The highest BCUT2D eigenvalue weighted by molar-refractivity contribution is 5.80. The van der Waals surface area contributed by atoms with Crippen molar-refractivity contribution in [1.82, 2.24) is 20.2 Å². The first-order chi connectivity index (χ1) is 13.3. The predicted molar refractivity (Wildman–Crippen MR) is 111 cm³/mol. The number of hydrogen-bond acceptors (Lipinski definition) is 2. The molecule has 1 aromatic heterocycles. The number of hydrogen-bond donors (Lipinski definition) is 2. The quantitative estimate of drug-likeness (QED) is 0.542. The van der Waals surface area contributed by atoms with E-state index in [2.05, 4.69) is 61.6 Å². The first-order valence-corrected chi connectivity index (χ1v) is 9.75. The molecule has 140 valence electrons. The van der Waals surface area contributed by atoms with Crippen molar-refractivity contribution in [1.29, 1.82) is 0 Å². The van der Waals surface area contributed by atoms with Crippen LogP contribution in [-0.2, 0) is 12.8 Å². The summed E-state index contributed by atoms with van der Waals surface area (Å²) in [6.07, 6.45) is 3.22. The van der Waals surface area contributed by atoms with Crippen molar-refractivity contribution >= 4 is 17.0 Å². The molecule has 0 amide bonds. The van der Waals surface area contributed by atoms with Crippen LogP contribution in [0.1, 0.15) is 17.8 Å². The van der Waals surface area contributed by atoms with Crippen molar-refractivity contribution in [2.75, 3.05) is 26.7 Å². The minimum absolute atomic E-state index is 0.696. The summed E-state index contributed by atoms with van der Waals surface area (Å²) in [5.74, 6) is 2.71. The van der Waals surface area contributed by atoms with Crippen molar-refractivity contribution in [2.24, 2.45) is 10.9 Å². The van der Waals surface area contributed by atoms with Crippen molar-refractivity contribution in [3.05, 3.63) is 66.0 Å². The van der Waals surface area contributed by atoms with Crippen molar-refractivity contribution in [2.45, 2.75) is 19.3 Å². The summed E-state index contributed by atoms with van der Waals surface area (Å²) in [4.78, 5) is 14.9. The van der Waals surface area contributed by atoms with E-state index in [1.54, 1.807) is 0 Å². The Bertz CT molecular complexity index is 866. The Kier molecular flexibility index (Phi) is 5.37. The molecule has 1 saturated heterocycles. The molecule has 0 bridgehead atoms. The molecular weight excluding hydrogens is 334 g/mol. The molecule has 0 saturated carbocycles. The highest BCUT2D eigenvalue weighted by atomic mass is 15.3. The van der Waals surface area contributed by atoms with E-state index in [0.29, 0.717) is 5.92 Å². The Balaban J connectivity index is 1.28. The smallest absolute Gasteiger partial charge is 0.193 e. The highest BCUT2D eigenvalue weighted by Gasteiger charge is 2.24. The molecule has 0 radical (unpaired) electrons. The molecular formula is C22H27N5. The average Bonchev–Trinajstić information content (AvgIpc) is 3.32. The lowest BCUT2D eigenvalue weighted by Crippen LogP contribution is -2.41. The zero-order chi connectivity index (χ0) is 18.5. The Morgan fingerprint density at radius 2 is 2.00 bits per heavy atom. The van der Waals surface area contributed by atoms with Crippen molar-refractivity contribution in [3.8, 4) is 0 Å². The Morgan fingerprint density at radius 3 is 2.81 bits per heavy atom. The van der Waals surface area contributed by atoms with Crippen LogP contribution in [0.2, 0.25) is 0 Å². The van der Waals surface area contributed by atoms with Gasteiger partial charge in [-0.05, 0) is 36.5 Å². The summed E-state index contributed by atoms with van der Waals surface area (Å²) in [5.41, 5.74) is 3.55. The molecule has 1 aliphatic heterocycles. The monoisotopic (exact) mass is 361 g/mol. The lowest BCUT2D eigenvalue weighted by molar-refractivity contribution is 0.460. The SMILES string of the molecule is CN=C(NCCc1nc2ccccc2[nH]1)N1CCC(Cc2ccccc2)C1. The number of H-pyrrole nitrogens is 1. The maximum atomic E-state index is 4.64. The maximum absolute atomic E-state index is 4.64. The van der Waals surface area contributed by atoms with Gasteiger partial charge in [-0.15, -0.1) is 0 Å². The Labute approximate surface area is 160 Å². The molecule has 1 unspecified atom stereocenters. The van der Waals surface area contributed by atoms with Gasteiger partial charge in [-0.25, -0.2) is 4.98 Å². The van der Waals surface area contributed by atoms with E-state index in [-0.39, 0.29) is 0 Å². The fourth-order valence-corrected chi connectivity index (χ4v) is 3.89. The third kappa shape index (κ3) is 4.30. The van der Waals surface area contributed by atoms with E-state index < -0.39 is 0 Å². The van der Waals surface area contributed by atoms with Crippen molar-refractivity contribution < 1.29 is 0 Å². The summed E-state index contributed by atoms with van der Waals surface area (Å²) in [6, 6.07) is 18.9. The maximum Gasteiger partial charge on any atom is 0.193 e. The number of nitrogens with one attached hydrogen (secondary N) is 2. The van der Waals surface area contributed by atoms with Crippen LogP contribution < -0.4 is 5.32 Å². The molecule has 5 nitrogen and oxygen atoms in total. The first-order valence-electron chi connectivity index (χ1n) is 9.75. The van der Waals surface area contributed by atoms with Crippen LogP contribution in [0.15, 0.2) is 59.6 Å².